The van der Waals surface area contributed by atoms with Gasteiger partial charge in [0.2, 0.25) is 5.91 Å². The van der Waals surface area contributed by atoms with Crippen molar-refractivity contribution >= 4 is 58.9 Å². The van der Waals surface area contributed by atoms with Gasteiger partial charge in [0.1, 0.15) is 13.1 Å². The molecule has 1 fully saturated rings. The van der Waals surface area contributed by atoms with Gasteiger partial charge in [0.25, 0.3) is 0 Å². The average molecular weight is 584 g/mol. The molecule has 1 aliphatic heterocycles. The molecule has 11 heteroatoms. The number of carbonyl (C=O) groups excluding carboxylic acids is 3. The van der Waals surface area contributed by atoms with E-state index in [1.807, 2.05) is 45.0 Å². The number of urea groups is 1. The number of ketones is 1. The quantitative estimate of drug-likeness (QED) is 0.363. The molecule has 10 nitrogen and oxygen atoms in total. The van der Waals surface area contributed by atoms with Crippen molar-refractivity contribution in [2.75, 3.05) is 35.2 Å². The minimum absolute atomic E-state index is 0. The number of anilines is 3. The number of rotatable bonds is 9. The predicted molar refractivity (Wildman–Crippen MR) is 162 cm³/mol. The highest BCUT2D eigenvalue weighted by Gasteiger charge is 2.36. The number of hydrogen-bond donors (Lipinski definition) is 3. The van der Waals surface area contributed by atoms with Gasteiger partial charge in [0.05, 0.1) is 17.9 Å². The number of para-hydroxylation sites is 1. The zero-order valence-electron chi connectivity index (χ0n) is 23.7. The summed E-state index contributed by atoms with van der Waals surface area (Å²) in [6.07, 6.45) is 5.18. The van der Waals surface area contributed by atoms with Crippen molar-refractivity contribution in [2.24, 2.45) is 16.4 Å². The molecule has 3 amide bonds. The second-order valence-electron chi connectivity index (χ2n) is 11.3. The topological polar surface area (TPSA) is 131 Å². The fourth-order valence-electron chi connectivity index (χ4n) is 4.93. The van der Waals surface area contributed by atoms with Crippen molar-refractivity contribution < 1.29 is 24.3 Å². The van der Waals surface area contributed by atoms with Gasteiger partial charge in [-0.25, -0.2) is 9.80 Å². The van der Waals surface area contributed by atoms with E-state index in [2.05, 4.69) is 10.6 Å². The maximum Gasteiger partial charge on any atom is 0.345 e. The van der Waals surface area contributed by atoms with E-state index >= 15 is 0 Å². The first-order valence-corrected chi connectivity index (χ1v) is 13.7. The lowest BCUT2D eigenvalue weighted by Crippen LogP contribution is -2.47. The van der Waals surface area contributed by atoms with Crippen LogP contribution in [0, 0.1) is 11.3 Å². The number of hydrazone groups is 1. The van der Waals surface area contributed by atoms with Crippen LogP contribution < -0.4 is 15.5 Å². The lowest BCUT2D eigenvalue weighted by atomic mass is 9.83. The number of halogens is 1. The largest absolute Gasteiger partial charge is 0.480 e. The Balaban J connectivity index is 0.00000462. The number of aliphatic carboxylic acids is 1. The molecule has 220 valence electrons. The van der Waals surface area contributed by atoms with Crippen molar-refractivity contribution in [1.82, 2.24) is 5.01 Å². The SMILES string of the molecule is CC(C)(C)C(=O)CN1C(=O)N(CC(=O)Nc2cccc(NCC(=O)O)c2)N=C(C2CCCCC2)c2ccccc21.Cl. The Morgan fingerprint density at radius 2 is 1.66 bits per heavy atom. The molecule has 0 radical (unpaired) electrons. The first kappa shape index (κ1) is 31.6. The van der Waals surface area contributed by atoms with Gasteiger partial charge in [0.15, 0.2) is 5.78 Å². The number of carboxylic acid groups (broad SMARTS) is 1. The monoisotopic (exact) mass is 583 g/mol. The number of amides is 3. The smallest absolute Gasteiger partial charge is 0.345 e. The Labute approximate surface area is 246 Å². The van der Waals surface area contributed by atoms with Crippen LogP contribution in [0.15, 0.2) is 53.6 Å². The summed E-state index contributed by atoms with van der Waals surface area (Å²) in [5.41, 5.74) is 2.52. The standard InChI is InChI=1S/C30H37N5O5.ClH/c1-30(2,3)25(36)18-34-24-15-8-7-14-23(24)28(20-10-5-4-6-11-20)33-35(29(34)40)19-26(37)32-22-13-9-12-21(16-22)31-17-27(38)39;/h7-9,12-16,20,31H,4-6,10-11,17-19H2,1-3H3,(H,32,37)(H,38,39);1H. The van der Waals surface area contributed by atoms with Crippen LogP contribution in [0.4, 0.5) is 21.9 Å². The molecule has 1 aliphatic carbocycles. The highest BCUT2D eigenvalue weighted by molar-refractivity contribution is 6.13. The van der Waals surface area contributed by atoms with Crippen LogP contribution in [0.1, 0.15) is 58.4 Å². The van der Waals surface area contributed by atoms with Crippen molar-refractivity contribution in [3.8, 4) is 0 Å². The van der Waals surface area contributed by atoms with E-state index in [1.54, 1.807) is 24.3 Å². The first-order chi connectivity index (χ1) is 19.0. The normalized spacial score (nSPS) is 15.7. The van der Waals surface area contributed by atoms with Crippen molar-refractivity contribution in [2.45, 2.75) is 52.9 Å². The van der Waals surface area contributed by atoms with Crippen LogP contribution in [0.5, 0.6) is 0 Å². The number of Topliss-reactive ketones (excluding diaryl/α,β-unsaturated/α-hetero) is 1. The zero-order valence-corrected chi connectivity index (χ0v) is 24.5. The Bertz CT molecular complexity index is 1320. The Morgan fingerprint density at radius 3 is 2.34 bits per heavy atom. The summed E-state index contributed by atoms with van der Waals surface area (Å²) in [6, 6.07) is 13.6. The maximum absolute atomic E-state index is 13.9. The molecular weight excluding hydrogens is 546 g/mol. The molecule has 4 rings (SSSR count). The van der Waals surface area contributed by atoms with E-state index in [-0.39, 0.29) is 43.7 Å². The summed E-state index contributed by atoms with van der Waals surface area (Å²) in [7, 11) is 0. The third-order valence-corrected chi connectivity index (χ3v) is 7.16. The molecule has 1 heterocycles. The number of fused-ring (bicyclic) bond motifs is 1. The Morgan fingerprint density at radius 1 is 0.976 bits per heavy atom. The van der Waals surface area contributed by atoms with Gasteiger partial charge in [-0.1, -0.05) is 64.3 Å². The van der Waals surface area contributed by atoms with Crippen molar-refractivity contribution in [3.05, 3.63) is 54.1 Å². The summed E-state index contributed by atoms with van der Waals surface area (Å²) in [5.74, 6) is -1.44. The number of nitrogens with zero attached hydrogens (tertiary/aromatic N) is 3. The molecule has 1 saturated carbocycles. The molecule has 41 heavy (non-hydrogen) atoms. The van der Waals surface area contributed by atoms with Gasteiger partial charge in [-0.2, -0.15) is 5.10 Å². The molecule has 0 unspecified atom stereocenters. The molecule has 0 spiro atoms. The molecule has 3 N–H and O–H groups in total. The number of carboxylic acids is 1. The summed E-state index contributed by atoms with van der Waals surface area (Å²) in [5, 5.41) is 20.4. The molecule has 0 saturated heterocycles. The zero-order chi connectivity index (χ0) is 28.9. The van der Waals surface area contributed by atoms with Gasteiger partial charge < -0.3 is 15.7 Å². The van der Waals surface area contributed by atoms with Gasteiger partial charge in [-0.3, -0.25) is 19.3 Å². The predicted octanol–water partition coefficient (Wildman–Crippen LogP) is 5.39. The number of benzene rings is 2. The van der Waals surface area contributed by atoms with E-state index in [1.165, 1.54) is 9.91 Å². The van der Waals surface area contributed by atoms with Crippen LogP contribution in [-0.2, 0) is 14.4 Å². The molecule has 0 bridgehead atoms. The van der Waals surface area contributed by atoms with Crippen LogP contribution in [0.3, 0.4) is 0 Å². The number of nitrogens with one attached hydrogen (secondary N) is 2. The van der Waals surface area contributed by atoms with Gasteiger partial charge in [-0.05, 0) is 37.1 Å². The van der Waals surface area contributed by atoms with Crippen LogP contribution in [0.2, 0.25) is 0 Å². The minimum Gasteiger partial charge on any atom is -0.480 e. The van der Waals surface area contributed by atoms with Crippen LogP contribution >= 0.6 is 12.4 Å². The fourth-order valence-corrected chi connectivity index (χ4v) is 4.93. The van der Waals surface area contributed by atoms with Crippen molar-refractivity contribution in [1.29, 1.82) is 0 Å². The first-order valence-electron chi connectivity index (χ1n) is 13.7. The fraction of sp³-hybridized carbons (Fsp3) is 0.433. The van der Waals surface area contributed by atoms with Crippen LogP contribution in [-0.4, -0.2) is 59.2 Å². The molecule has 0 aromatic heterocycles. The molecule has 0 atom stereocenters. The second kappa shape index (κ2) is 13.6. The third kappa shape index (κ3) is 8.07. The van der Waals surface area contributed by atoms with E-state index in [0.29, 0.717) is 17.1 Å². The highest BCUT2D eigenvalue weighted by atomic mass is 35.5. The van der Waals surface area contributed by atoms with Gasteiger partial charge in [0, 0.05) is 28.3 Å². The highest BCUT2D eigenvalue weighted by Crippen LogP contribution is 2.34. The lowest BCUT2D eigenvalue weighted by Gasteiger charge is -2.28. The molecule has 2 aromatic carbocycles. The summed E-state index contributed by atoms with van der Waals surface area (Å²) in [4.78, 5) is 52.5. The average Bonchev–Trinajstić information content (AvgIpc) is 3.03. The van der Waals surface area contributed by atoms with E-state index < -0.39 is 23.3 Å². The van der Waals surface area contributed by atoms with Gasteiger partial charge in [-0.15, -0.1) is 12.4 Å². The lowest BCUT2D eigenvalue weighted by molar-refractivity contribution is -0.135. The van der Waals surface area contributed by atoms with E-state index in [9.17, 15) is 19.2 Å². The number of hydrogen-bond acceptors (Lipinski definition) is 6. The third-order valence-electron chi connectivity index (χ3n) is 7.16. The van der Waals surface area contributed by atoms with Crippen molar-refractivity contribution in [3.63, 3.8) is 0 Å². The maximum atomic E-state index is 13.9. The van der Waals surface area contributed by atoms with Crippen LogP contribution in [0.25, 0.3) is 0 Å². The summed E-state index contributed by atoms with van der Waals surface area (Å²) >= 11 is 0. The van der Waals surface area contributed by atoms with E-state index in [4.69, 9.17) is 10.2 Å². The minimum atomic E-state index is -1.00. The Hall–Kier alpha value is -3.92. The van der Waals surface area contributed by atoms with Gasteiger partial charge >= 0.3 is 12.0 Å². The molecule has 2 aliphatic rings. The summed E-state index contributed by atoms with van der Waals surface area (Å²) < 4.78 is 0. The molecule has 2 aromatic rings. The second-order valence-corrected chi connectivity index (χ2v) is 11.3. The Kier molecular flexibility index (Phi) is 10.5. The number of carbonyl (C=O) groups is 4. The molecular formula is C30H38ClN5O5. The summed E-state index contributed by atoms with van der Waals surface area (Å²) in [6.45, 7) is 4.70. The van der Waals surface area contributed by atoms with E-state index in [0.717, 1.165) is 43.4 Å².